The van der Waals surface area contributed by atoms with Crippen molar-refractivity contribution in [3.63, 3.8) is 0 Å². The quantitative estimate of drug-likeness (QED) is 0.706. The lowest BCUT2D eigenvalue weighted by Crippen LogP contribution is -2.27. The largest absolute Gasteiger partial charge is 0.478 e. The van der Waals surface area contributed by atoms with Crippen molar-refractivity contribution in [1.82, 2.24) is 5.32 Å². The number of amides is 1. The van der Waals surface area contributed by atoms with Crippen molar-refractivity contribution in [3.05, 3.63) is 22.7 Å². The SMILES string of the molecule is CNC(=O)CCN(C)c1c(Cl)cc(N)cc1C(=O)O. The minimum Gasteiger partial charge on any atom is -0.478 e. The number of halogens is 1. The van der Waals surface area contributed by atoms with Crippen LogP contribution in [0.3, 0.4) is 0 Å². The first-order valence-electron chi connectivity index (χ1n) is 5.60. The number of carbonyl (C=O) groups is 2. The standard InChI is InChI=1S/C12H16ClN3O3/c1-15-10(17)3-4-16(2)11-8(12(18)19)5-7(14)6-9(11)13/h5-6H,3-4,14H2,1-2H3,(H,15,17)(H,18,19). The van der Waals surface area contributed by atoms with Crippen molar-refractivity contribution in [3.8, 4) is 0 Å². The van der Waals surface area contributed by atoms with E-state index >= 15 is 0 Å². The highest BCUT2D eigenvalue weighted by Crippen LogP contribution is 2.32. The molecule has 0 unspecified atom stereocenters. The molecule has 0 fully saturated rings. The summed E-state index contributed by atoms with van der Waals surface area (Å²) < 4.78 is 0. The van der Waals surface area contributed by atoms with Gasteiger partial charge in [-0.15, -0.1) is 0 Å². The van der Waals surface area contributed by atoms with Gasteiger partial charge in [0.2, 0.25) is 5.91 Å². The van der Waals surface area contributed by atoms with Crippen LogP contribution in [-0.2, 0) is 4.79 Å². The van der Waals surface area contributed by atoms with E-state index in [2.05, 4.69) is 5.32 Å². The van der Waals surface area contributed by atoms with Gasteiger partial charge in [0.05, 0.1) is 16.3 Å². The van der Waals surface area contributed by atoms with E-state index in [0.29, 0.717) is 12.2 Å². The fourth-order valence-electron chi connectivity index (χ4n) is 1.68. The number of carboxylic acids is 1. The van der Waals surface area contributed by atoms with Crippen LogP contribution in [0.1, 0.15) is 16.8 Å². The summed E-state index contributed by atoms with van der Waals surface area (Å²) in [5.74, 6) is -1.24. The number of nitrogens with zero attached hydrogens (tertiary/aromatic N) is 1. The first-order valence-corrected chi connectivity index (χ1v) is 5.98. The Bertz CT molecular complexity index is 505. The summed E-state index contributed by atoms with van der Waals surface area (Å²) in [4.78, 5) is 24.0. The molecular weight excluding hydrogens is 270 g/mol. The van der Waals surface area contributed by atoms with E-state index in [-0.39, 0.29) is 28.6 Å². The second-order valence-corrected chi connectivity index (χ2v) is 4.46. The van der Waals surface area contributed by atoms with Gasteiger partial charge in [-0.3, -0.25) is 4.79 Å². The third kappa shape index (κ3) is 3.75. The molecule has 0 aliphatic heterocycles. The van der Waals surface area contributed by atoms with Gasteiger partial charge in [0.1, 0.15) is 0 Å². The zero-order valence-electron chi connectivity index (χ0n) is 10.7. The van der Waals surface area contributed by atoms with Crippen molar-refractivity contribution < 1.29 is 14.7 Å². The van der Waals surface area contributed by atoms with Gasteiger partial charge in [-0.05, 0) is 12.1 Å². The molecular formula is C12H16ClN3O3. The highest BCUT2D eigenvalue weighted by atomic mass is 35.5. The van der Waals surface area contributed by atoms with Crippen molar-refractivity contribution >= 4 is 34.9 Å². The number of hydrogen-bond donors (Lipinski definition) is 3. The Kier molecular flexibility index (Phi) is 5.00. The van der Waals surface area contributed by atoms with E-state index in [1.807, 2.05) is 0 Å². The Balaban J connectivity index is 3.04. The van der Waals surface area contributed by atoms with E-state index in [4.69, 9.17) is 22.4 Å². The maximum Gasteiger partial charge on any atom is 0.337 e. The molecule has 19 heavy (non-hydrogen) atoms. The molecule has 4 N–H and O–H groups in total. The van der Waals surface area contributed by atoms with Crippen LogP contribution in [-0.4, -0.2) is 37.6 Å². The normalized spacial score (nSPS) is 10.1. The zero-order valence-corrected chi connectivity index (χ0v) is 11.5. The van der Waals surface area contributed by atoms with Crippen LogP contribution in [0.5, 0.6) is 0 Å². The average molecular weight is 286 g/mol. The highest BCUT2D eigenvalue weighted by molar-refractivity contribution is 6.34. The van der Waals surface area contributed by atoms with Gasteiger partial charge in [0.25, 0.3) is 0 Å². The number of anilines is 2. The van der Waals surface area contributed by atoms with Gasteiger partial charge in [-0.1, -0.05) is 11.6 Å². The molecule has 1 aromatic rings. The molecule has 0 aliphatic carbocycles. The maximum atomic E-state index is 11.2. The van der Waals surface area contributed by atoms with Crippen LogP contribution < -0.4 is 16.0 Å². The molecule has 1 amide bonds. The third-order valence-corrected chi connectivity index (χ3v) is 2.94. The third-order valence-electron chi connectivity index (χ3n) is 2.65. The summed E-state index contributed by atoms with van der Waals surface area (Å²) in [6.07, 6.45) is 0.243. The monoisotopic (exact) mass is 285 g/mol. The molecule has 7 heteroatoms. The summed E-state index contributed by atoms with van der Waals surface area (Å²) in [6, 6.07) is 2.83. The summed E-state index contributed by atoms with van der Waals surface area (Å²) in [5, 5.41) is 11.9. The van der Waals surface area contributed by atoms with Crippen LogP contribution in [0.2, 0.25) is 5.02 Å². The second kappa shape index (κ2) is 6.29. The van der Waals surface area contributed by atoms with Crippen LogP contribution in [0.4, 0.5) is 11.4 Å². The number of nitrogens with two attached hydrogens (primary N) is 1. The minimum absolute atomic E-state index is 0.0180. The lowest BCUT2D eigenvalue weighted by Gasteiger charge is -2.22. The molecule has 0 spiro atoms. The molecule has 0 saturated carbocycles. The van der Waals surface area contributed by atoms with Gasteiger partial charge < -0.3 is 21.1 Å². The fraction of sp³-hybridized carbons (Fsp3) is 0.333. The molecule has 0 heterocycles. The number of aromatic carboxylic acids is 1. The van der Waals surface area contributed by atoms with E-state index < -0.39 is 5.97 Å². The topological polar surface area (TPSA) is 95.7 Å². The van der Waals surface area contributed by atoms with Crippen LogP contribution in [0, 0.1) is 0 Å². The summed E-state index contributed by atoms with van der Waals surface area (Å²) in [6.45, 7) is 0.351. The predicted molar refractivity (Wildman–Crippen MR) is 74.8 cm³/mol. The second-order valence-electron chi connectivity index (χ2n) is 4.05. The van der Waals surface area contributed by atoms with Crippen molar-refractivity contribution in [2.45, 2.75) is 6.42 Å². The lowest BCUT2D eigenvalue weighted by atomic mass is 10.1. The number of hydrogen-bond acceptors (Lipinski definition) is 4. The molecule has 6 nitrogen and oxygen atoms in total. The van der Waals surface area contributed by atoms with Gasteiger partial charge in [0, 0.05) is 32.7 Å². The summed E-state index contributed by atoms with van der Waals surface area (Å²) in [7, 11) is 3.22. The van der Waals surface area contributed by atoms with Gasteiger partial charge in [-0.2, -0.15) is 0 Å². The van der Waals surface area contributed by atoms with Crippen molar-refractivity contribution in [2.75, 3.05) is 31.3 Å². The number of rotatable bonds is 5. The highest BCUT2D eigenvalue weighted by Gasteiger charge is 2.18. The molecule has 0 radical (unpaired) electrons. The first kappa shape index (κ1) is 15.1. The fourth-order valence-corrected chi connectivity index (χ4v) is 2.05. The van der Waals surface area contributed by atoms with Crippen LogP contribution in [0.15, 0.2) is 12.1 Å². The molecule has 0 aromatic heterocycles. The number of carboxylic acid groups (broad SMARTS) is 1. The molecule has 0 bridgehead atoms. The Morgan fingerprint density at radius 1 is 1.47 bits per heavy atom. The number of carbonyl (C=O) groups excluding carboxylic acids is 1. The summed E-state index contributed by atoms with van der Waals surface area (Å²) >= 11 is 6.04. The van der Waals surface area contributed by atoms with E-state index in [1.54, 1.807) is 19.0 Å². The smallest absolute Gasteiger partial charge is 0.337 e. The summed E-state index contributed by atoms with van der Waals surface area (Å²) in [5.41, 5.74) is 6.23. The van der Waals surface area contributed by atoms with Crippen molar-refractivity contribution in [1.29, 1.82) is 0 Å². The Morgan fingerprint density at radius 3 is 2.63 bits per heavy atom. The van der Waals surface area contributed by atoms with E-state index in [0.717, 1.165) is 0 Å². The number of benzene rings is 1. The van der Waals surface area contributed by atoms with Gasteiger partial charge in [-0.25, -0.2) is 4.79 Å². The number of nitrogens with one attached hydrogen (secondary N) is 1. The molecule has 0 atom stereocenters. The Hall–Kier alpha value is -1.95. The van der Waals surface area contributed by atoms with E-state index in [9.17, 15) is 9.59 Å². The molecule has 104 valence electrons. The lowest BCUT2D eigenvalue weighted by molar-refractivity contribution is -0.120. The maximum absolute atomic E-state index is 11.2. The first-order chi connectivity index (χ1) is 8.86. The van der Waals surface area contributed by atoms with Gasteiger partial charge >= 0.3 is 5.97 Å². The molecule has 1 rings (SSSR count). The molecule has 1 aromatic carbocycles. The minimum atomic E-state index is -1.11. The predicted octanol–water partition coefficient (Wildman–Crippen LogP) is 1.19. The Morgan fingerprint density at radius 2 is 2.11 bits per heavy atom. The Labute approximate surface area is 116 Å². The zero-order chi connectivity index (χ0) is 14.6. The number of nitrogen functional groups attached to an aromatic ring is 1. The van der Waals surface area contributed by atoms with Crippen LogP contribution >= 0.6 is 11.6 Å². The van der Waals surface area contributed by atoms with Gasteiger partial charge in [0.15, 0.2) is 0 Å². The molecule has 0 saturated heterocycles. The molecule has 0 aliphatic rings. The van der Waals surface area contributed by atoms with Crippen molar-refractivity contribution in [2.24, 2.45) is 0 Å². The van der Waals surface area contributed by atoms with Crippen LogP contribution in [0.25, 0.3) is 0 Å². The average Bonchev–Trinajstić information content (AvgIpc) is 2.34. The van der Waals surface area contributed by atoms with E-state index in [1.165, 1.54) is 12.1 Å².